The lowest BCUT2D eigenvalue weighted by Crippen LogP contribution is -2.47. The predicted molar refractivity (Wildman–Crippen MR) is 107 cm³/mol. The third-order valence-electron chi connectivity index (χ3n) is 6.05. The number of hydrogen-bond donors (Lipinski definition) is 0. The first-order chi connectivity index (χ1) is 14.2. The highest BCUT2D eigenvalue weighted by atomic mass is 16.7. The number of hydrogen-bond acceptors (Lipinski definition) is 5. The van der Waals surface area contributed by atoms with Gasteiger partial charge in [0.05, 0.1) is 18.8 Å². The normalized spacial score (nSPS) is 21.8. The second-order valence-electron chi connectivity index (χ2n) is 7.98. The Bertz CT molecular complexity index is 714. The summed E-state index contributed by atoms with van der Waals surface area (Å²) < 4.78 is 17.3. The monoisotopic (exact) mass is 402 g/mol. The van der Waals surface area contributed by atoms with Gasteiger partial charge < -0.3 is 24.0 Å². The quantitative estimate of drug-likeness (QED) is 0.774. The molecule has 1 aromatic rings. The topological polar surface area (TPSA) is 68.3 Å². The number of rotatable bonds is 4. The molecule has 0 atom stereocenters. The van der Waals surface area contributed by atoms with E-state index < -0.39 is 5.79 Å². The average molecular weight is 402 g/mol. The van der Waals surface area contributed by atoms with E-state index in [2.05, 4.69) is 0 Å². The van der Waals surface area contributed by atoms with E-state index in [1.54, 1.807) is 12.1 Å². The number of para-hydroxylation sites is 1. The second kappa shape index (κ2) is 9.13. The molecule has 1 aromatic carbocycles. The Morgan fingerprint density at radius 3 is 2.24 bits per heavy atom. The van der Waals surface area contributed by atoms with Gasteiger partial charge in [-0.3, -0.25) is 9.59 Å². The van der Waals surface area contributed by atoms with Crippen LogP contribution in [0.5, 0.6) is 5.75 Å². The van der Waals surface area contributed by atoms with Crippen molar-refractivity contribution in [2.75, 3.05) is 46.0 Å². The largest absolute Gasteiger partial charge is 0.483 e. The summed E-state index contributed by atoms with van der Waals surface area (Å²) in [7, 11) is 0. The zero-order chi connectivity index (χ0) is 20.1. The molecule has 3 fully saturated rings. The van der Waals surface area contributed by atoms with Crippen LogP contribution >= 0.6 is 0 Å². The number of ether oxygens (including phenoxy) is 3. The second-order valence-corrected chi connectivity index (χ2v) is 7.98. The van der Waals surface area contributed by atoms with Gasteiger partial charge in [-0.1, -0.05) is 25.0 Å². The standard InChI is InChI=1S/C22H30N2O5/c25-20(23-11-5-1-2-6-12-23)17-27-19-8-4-3-7-18(19)21(26)24-13-9-22(10-14-24)28-15-16-29-22/h3-4,7-8H,1-2,5-6,9-17H2. The minimum absolute atomic E-state index is 0.00963. The van der Waals surface area contributed by atoms with Gasteiger partial charge in [0.25, 0.3) is 11.8 Å². The Balaban J connectivity index is 1.36. The van der Waals surface area contributed by atoms with Gasteiger partial charge in [0.15, 0.2) is 12.4 Å². The van der Waals surface area contributed by atoms with Crippen molar-refractivity contribution in [1.29, 1.82) is 0 Å². The zero-order valence-electron chi connectivity index (χ0n) is 16.9. The minimum Gasteiger partial charge on any atom is -0.483 e. The van der Waals surface area contributed by atoms with Crippen molar-refractivity contribution in [1.82, 2.24) is 9.80 Å². The van der Waals surface area contributed by atoms with E-state index in [0.29, 0.717) is 50.5 Å². The molecule has 3 aliphatic rings. The number of carbonyl (C=O) groups excluding carboxylic acids is 2. The molecule has 7 heteroatoms. The fraction of sp³-hybridized carbons (Fsp3) is 0.636. The van der Waals surface area contributed by atoms with Gasteiger partial charge in [-0.25, -0.2) is 0 Å². The average Bonchev–Trinajstić information content (AvgIpc) is 3.03. The number of carbonyl (C=O) groups is 2. The van der Waals surface area contributed by atoms with E-state index in [-0.39, 0.29) is 18.4 Å². The van der Waals surface area contributed by atoms with Crippen molar-refractivity contribution in [3.8, 4) is 5.75 Å². The smallest absolute Gasteiger partial charge is 0.260 e. The van der Waals surface area contributed by atoms with Gasteiger partial charge in [-0.2, -0.15) is 0 Å². The van der Waals surface area contributed by atoms with Gasteiger partial charge in [0.2, 0.25) is 0 Å². The molecule has 0 saturated carbocycles. The van der Waals surface area contributed by atoms with Crippen LogP contribution in [0.2, 0.25) is 0 Å². The van der Waals surface area contributed by atoms with Gasteiger partial charge in [-0.05, 0) is 25.0 Å². The van der Waals surface area contributed by atoms with Crippen LogP contribution in [-0.2, 0) is 14.3 Å². The first-order valence-corrected chi connectivity index (χ1v) is 10.7. The number of nitrogens with zero attached hydrogens (tertiary/aromatic N) is 2. The van der Waals surface area contributed by atoms with Crippen LogP contribution in [0, 0.1) is 0 Å². The van der Waals surface area contributed by atoms with Gasteiger partial charge in [0.1, 0.15) is 5.75 Å². The van der Waals surface area contributed by atoms with Crippen molar-refractivity contribution < 1.29 is 23.8 Å². The SMILES string of the molecule is O=C(COc1ccccc1C(=O)N1CCC2(CC1)OCCO2)N1CCCCCC1. The summed E-state index contributed by atoms with van der Waals surface area (Å²) in [6.45, 7) is 3.96. The Labute approximate surface area is 171 Å². The van der Waals surface area contributed by atoms with Crippen LogP contribution in [-0.4, -0.2) is 73.4 Å². The van der Waals surface area contributed by atoms with Crippen molar-refractivity contribution in [3.63, 3.8) is 0 Å². The summed E-state index contributed by atoms with van der Waals surface area (Å²) >= 11 is 0. The molecule has 158 valence electrons. The van der Waals surface area contributed by atoms with Crippen molar-refractivity contribution in [2.24, 2.45) is 0 Å². The number of benzene rings is 1. The highest BCUT2D eigenvalue weighted by molar-refractivity contribution is 5.97. The van der Waals surface area contributed by atoms with Crippen LogP contribution in [0.3, 0.4) is 0 Å². The molecule has 0 bridgehead atoms. The molecule has 3 aliphatic heterocycles. The molecule has 0 unspecified atom stereocenters. The van der Waals surface area contributed by atoms with Gasteiger partial charge >= 0.3 is 0 Å². The molecular formula is C22H30N2O5. The van der Waals surface area contributed by atoms with Crippen LogP contribution < -0.4 is 4.74 Å². The Morgan fingerprint density at radius 2 is 1.55 bits per heavy atom. The lowest BCUT2D eigenvalue weighted by Gasteiger charge is -2.37. The molecule has 0 aliphatic carbocycles. The molecule has 3 saturated heterocycles. The maximum atomic E-state index is 13.1. The third-order valence-corrected chi connectivity index (χ3v) is 6.05. The van der Waals surface area contributed by atoms with E-state index in [9.17, 15) is 9.59 Å². The summed E-state index contributed by atoms with van der Waals surface area (Å²) in [4.78, 5) is 29.3. The van der Waals surface area contributed by atoms with E-state index in [1.165, 1.54) is 12.8 Å². The molecule has 4 rings (SSSR count). The number of likely N-dealkylation sites (tertiary alicyclic amines) is 2. The van der Waals surface area contributed by atoms with Crippen LogP contribution in [0.25, 0.3) is 0 Å². The third kappa shape index (κ3) is 4.73. The molecule has 3 heterocycles. The minimum atomic E-state index is -0.508. The van der Waals surface area contributed by atoms with E-state index in [4.69, 9.17) is 14.2 Å². The Morgan fingerprint density at radius 1 is 0.897 bits per heavy atom. The van der Waals surface area contributed by atoms with Crippen molar-refractivity contribution in [3.05, 3.63) is 29.8 Å². The van der Waals surface area contributed by atoms with Crippen LogP contribution in [0.4, 0.5) is 0 Å². The maximum absolute atomic E-state index is 13.1. The molecule has 0 aromatic heterocycles. The van der Waals surface area contributed by atoms with Crippen molar-refractivity contribution in [2.45, 2.75) is 44.3 Å². The van der Waals surface area contributed by atoms with Gasteiger partial charge in [-0.15, -0.1) is 0 Å². The molecule has 1 spiro atoms. The lowest BCUT2D eigenvalue weighted by molar-refractivity contribution is -0.181. The summed E-state index contributed by atoms with van der Waals surface area (Å²) in [5.41, 5.74) is 0.500. The zero-order valence-corrected chi connectivity index (χ0v) is 16.9. The summed E-state index contributed by atoms with van der Waals surface area (Å²) in [6.07, 6.45) is 5.80. The molecule has 2 amide bonds. The van der Waals surface area contributed by atoms with Crippen LogP contribution in [0.1, 0.15) is 48.9 Å². The maximum Gasteiger partial charge on any atom is 0.260 e. The highest BCUT2D eigenvalue weighted by Crippen LogP contribution is 2.32. The van der Waals surface area contributed by atoms with Crippen molar-refractivity contribution >= 4 is 11.8 Å². The molecule has 7 nitrogen and oxygen atoms in total. The first kappa shape index (κ1) is 20.2. The summed E-state index contributed by atoms with van der Waals surface area (Å²) in [5.74, 6) is -0.124. The predicted octanol–water partition coefficient (Wildman–Crippen LogP) is 2.45. The van der Waals surface area contributed by atoms with E-state index in [0.717, 1.165) is 25.9 Å². The van der Waals surface area contributed by atoms with E-state index >= 15 is 0 Å². The summed E-state index contributed by atoms with van der Waals surface area (Å²) in [5, 5.41) is 0. The molecule has 0 radical (unpaired) electrons. The molecule has 0 N–H and O–H groups in total. The summed E-state index contributed by atoms with van der Waals surface area (Å²) in [6, 6.07) is 7.18. The highest BCUT2D eigenvalue weighted by Gasteiger charge is 2.41. The van der Waals surface area contributed by atoms with Crippen LogP contribution in [0.15, 0.2) is 24.3 Å². The fourth-order valence-electron chi connectivity index (χ4n) is 4.33. The van der Waals surface area contributed by atoms with Gasteiger partial charge in [0, 0.05) is 39.0 Å². The number of amides is 2. The fourth-order valence-corrected chi connectivity index (χ4v) is 4.33. The number of piperidine rings is 1. The first-order valence-electron chi connectivity index (χ1n) is 10.7. The molecule has 29 heavy (non-hydrogen) atoms. The van der Waals surface area contributed by atoms with E-state index in [1.807, 2.05) is 21.9 Å². The molecular weight excluding hydrogens is 372 g/mol. The Kier molecular flexibility index (Phi) is 6.35. The lowest BCUT2D eigenvalue weighted by atomic mass is 10.0. The Hall–Kier alpha value is -2.12.